The Labute approximate surface area is 176 Å². The predicted octanol–water partition coefficient (Wildman–Crippen LogP) is 4.06. The van der Waals surface area contributed by atoms with E-state index < -0.39 is 6.03 Å². The number of ketones is 1. The lowest BCUT2D eigenvalue weighted by molar-refractivity contribution is 0.103. The minimum atomic E-state index is -0.551. The minimum Gasteiger partial charge on any atom is -0.359 e. The summed E-state index contributed by atoms with van der Waals surface area (Å²) < 4.78 is 0. The van der Waals surface area contributed by atoms with Gasteiger partial charge in [0.15, 0.2) is 0 Å². The van der Waals surface area contributed by atoms with E-state index in [1.54, 1.807) is 36.5 Å². The lowest BCUT2D eigenvalue weighted by atomic mass is 10.1. The largest absolute Gasteiger partial charge is 0.359 e. The van der Waals surface area contributed by atoms with E-state index in [0.29, 0.717) is 22.0 Å². The number of aromatic nitrogens is 2. The summed E-state index contributed by atoms with van der Waals surface area (Å²) in [4.78, 5) is 43.0. The Morgan fingerprint density at radius 1 is 1.00 bits per heavy atom. The zero-order valence-corrected chi connectivity index (χ0v) is 16.4. The fourth-order valence-corrected chi connectivity index (χ4v) is 3.27. The first kappa shape index (κ1) is 19.5. The summed E-state index contributed by atoms with van der Waals surface area (Å²) in [6.07, 6.45) is 1.64. The van der Waals surface area contributed by atoms with E-state index in [1.807, 2.05) is 24.3 Å². The molecule has 4 aromatic rings. The van der Waals surface area contributed by atoms with Gasteiger partial charge in [-0.25, -0.2) is 4.79 Å². The number of aromatic amines is 2. The van der Waals surface area contributed by atoms with Crippen LogP contribution >= 0.6 is 11.6 Å². The van der Waals surface area contributed by atoms with Gasteiger partial charge in [0.2, 0.25) is 5.78 Å². The quantitative estimate of drug-likeness (QED) is 0.366. The van der Waals surface area contributed by atoms with Crippen molar-refractivity contribution in [2.24, 2.45) is 0 Å². The van der Waals surface area contributed by atoms with Crippen LogP contribution in [0, 0.1) is 0 Å². The molecule has 0 aliphatic heterocycles. The Bertz CT molecular complexity index is 1300. The van der Waals surface area contributed by atoms with Crippen molar-refractivity contribution < 1.29 is 9.59 Å². The molecule has 0 bridgehead atoms. The average Bonchev–Trinajstić information content (AvgIpc) is 3.28. The Morgan fingerprint density at radius 3 is 2.63 bits per heavy atom. The van der Waals surface area contributed by atoms with E-state index in [4.69, 9.17) is 11.6 Å². The minimum absolute atomic E-state index is 0.0273. The predicted molar refractivity (Wildman–Crippen MR) is 116 cm³/mol. The van der Waals surface area contributed by atoms with Gasteiger partial charge in [-0.2, -0.15) is 0 Å². The number of rotatable bonds is 5. The molecule has 4 N–H and O–H groups in total. The van der Waals surface area contributed by atoms with Crippen molar-refractivity contribution in [3.05, 3.63) is 99.1 Å². The van der Waals surface area contributed by atoms with Gasteiger partial charge in [-0.15, -0.1) is 0 Å². The molecule has 150 valence electrons. The highest BCUT2D eigenvalue weighted by molar-refractivity contribution is 6.31. The summed E-state index contributed by atoms with van der Waals surface area (Å²) in [5, 5.41) is 6.54. The third kappa shape index (κ3) is 4.11. The van der Waals surface area contributed by atoms with Gasteiger partial charge in [-0.3, -0.25) is 9.59 Å². The molecule has 0 aliphatic carbocycles. The van der Waals surface area contributed by atoms with Crippen LogP contribution in [-0.2, 0) is 6.54 Å². The number of halogens is 1. The number of hydrogen-bond acceptors (Lipinski definition) is 3. The van der Waals surface area contributed by atoms with Gasteiger partial charge in [0, 0.05) is 34.4 Å². The molecule has 0 saturated carbocycles. The second kappa shape index (κ2) is 8.26. The van der Waals surface area contributed by atoms with Crippen LogP contribution in [0.25, 0.3) is 10.9 Å². The second-order valence-corrected chi connectivity index (χ2v) is 7.06. The van der Waals surface area contributed by atoms with Crippen LogP contribution in [0.5, 0.6) is 0 Å². The molecule has 7 nitrogen and oxygen atoms in total. The summed E-state index contributed by atoms with van der Waals surface area (Å²) in [7, 11) is 0. The van der Waals surface area contributed by atoms with Crippen LogP contribution in [-0.4, -0.2) is 21.8 Å². The molecule has 0 radical (unpaired) electrons. The standard InChI is InChI=1S/C22H17ClN4O3/c23-15-7-8-18(16(11-15)20(28)19-6-3-9-24-19)27-22(30)25-12-14-10-13-4-1-2-5-17(13)26-21(14)29/h1-11,24H,12H2,(H,26,29)(H2,25,27,30). The number of fused-ring (bicyclic) bond motifs is 1. The van der Waals surface area contributed by atoms with Crippen molar-refractivity contribution in [3.8, 4) is 0 Å². The van der Waals surface area contributed by atoms with Gasteiger partial charge < -0.3 is 20.6 Å². The molecule has 8 heteroatoms. The SMILES string of the molecule is O=C(NCc1cc2ccccc2[nH]c1=O)Nc1ccc(Cl)cc1C(=O)c1ccc[nH]1. The smallest absolute Gasteiger partial charge is 0.319 e. The number of benzene rings is 2. The van der Waals surface area contributed by atoms with Crippen molar-refractivity contribution in [1.29, 1.82) is 0 Å². The highest BCUT2D eigenvalue weighted by Crippen LogP contribution is 2.23. The molecule has 2 amide bonds. The molecular formula is C22H17ClN4O3. The molecular weight excluding hydrogens is 404 g/mol. The maximum atomic E-state index is 12.7. The molecule has 0 atom stereocenters. The highest BCUT2D eigenvalue weighted by atomic mass is 35.5. The van der Waals surface area contributed by atoms with Crippen molar-refractivity contribution in [1.82, 2.24) is 15.3 Å². The van der Waals surface area contributed by atoms with Crippen LogP contribution in [0.2, 0.25) is 5.02 Å². The Morgan fingerprint density at radius 2 is 1.83 bits per heavy atom. The highest BCUT2D eigenvalue weighted by Gasteiger charge is 2.17. The molecule has 0 aliphatic rings. The number of para-hydroxylation sites is 1. The second-order valence-electron chi connectivity index (χ2n) is 6.62. The topological polar surface area (TPSA) is 107 Å². The van der Waals surface area contributed by atoms with E-state index in [1.165, 1.54) is 6.07 Å². The Hall–Kier alpha value is -3.84. The molecule has 2 aromatic carbocycles. The van der Waals surface area contributed by atoms with Gasteiger partial charge in [0.05, 0.1) is 11.4 Å². The molecule has 0 saturated heterocycles. The first-order valence-corrected chi connectivity index (χ1v) is 9.52. The molecule has 0 fully saturated rings. The van der Waals surface area contributed by atoms with Crippen LogP contribution in [0.1, 0.15) is 21.6 Å². The average molecular weight is 421 g/mol. The number of pyridine rings is 1. The summed E-state index contributed by atoms with van der Waals surface area (Å²) in [6.45, 7) is 0.0273. The van der Waals surface area contributed by atoms with Crippen molar-refractivity contribution in [2.75, 3.05) is 5.32 Å². The number of anilines is 1. The first-order chi connectivity index (χ1) is 14.5. The van der Waals surface area contributed by atoms with Gasteiger partial charge in [-0.05, 0) is 47.9 Å². The number of nitrogens with one attached hydrogen (secondary N) is 4. The zero-order chi connectivity index (χ0) is 21.1. The zero-order valence-electron chi connectivity index (χ0n) is 15.7. The molecule has 2 aromatic heterocycles. The van der Waals surface area contributed by atoms with Gasteiger partial charge in [0.1, 0.15) is 0 Å². The number of H-pyrrole nitrogens is 2. The summed E-state index contributed by atoms with van der Waals surface area (Å²) in [5.74, 6) is -0.302. The fraction of sp³-hybridized carbons (Fsp3) is 0.0455. The molecule has 4 rings (SSSR count). The van der Waals surface area contributed by atoms with Crippen molar-refractivity contribution in [3.63, 3.8) is 0 Å². The van der Waals surface area contributed by atoms with Crippen molar-refractivity contribution in [2.45, 2.75) is 6.54 Å². The maximum Gasteiger partial charge on any atom is 0.319 e. The third-order valence-corrected chi connectivity index (χ3v) is 4.82. The monoisotopic (exact) mass is 420 g/mol. The third-order valence-electron chi connectivity index (χ3n) is 4.59. The molecule has 30 heavy (non-hydrogen) atoms. The number of amides is 2. The Balaban J connectivity index is 1.50. The summed E-state index contributed by atoms with van der Waals surface area (Å²) >= 11 is 6.04. The van der Waals surface area contributed by atoms with Crippen molar-refractivity contribution >= 4 is 40.0 Å². The van der Waals surface area contributed by atoms with E-state index in [2.05, 4.69) is 20.6 Å². The molecule has 0 unspecified atom stereocenters. The van der Waals surface area contributed by atoms with Gasteiger partial charge >= 0.3 is 6.03 Å². The van der Waals surface area contributed by atoms with Crippen LogP contribution in [0.4, 0.5) is 10.5 Å². The number of urea groups is 1. The summed E-state index contributed by atoms with van der Waals surface area (Å²) in [6, 6.07) is 16.5. The van der Waals surface area contributed by atoms with E-state index in [-0.39, 0.29) is 23.5 Å². The molecule has 0 spiro atoms. The fourth-order valence-electron chi connectivity index (χ4n) is 3.10. The van der Waals surface area contributed by atoms with Crippen LogP contribution < -0.4 is 16.2 Å². The van der Waals surface area contributed by atoms with Crippen LogP contribution in [0.15, 0.2) is 71.7 Å². The van der Waals surface area contributed by atoms with E-state index in [0.717, 1.165) is 10.9 Å². The first-order valence-electron chi connectivity index (χ1n) is 9.15. The van der Waals surface area contributed by atoms with Crippen LogP contribution in [0.3, 0.4) is 0 Å². The number of hydrogen-bond donors (Lipinski definition) is 4. The van der Waals surface area contributed by atoms with E-state index in [9.17, 15) is 14.4 Å². The lowest BCUT2D eigenvalue weighted by Gasteiger charge is -2.12. The van der Waals surface area contributed by atoms with Gasteiger partial charge in [0.25, 0.3) is 5.56 Å². The lowest BCUT2D eigenvalue weighted by Crippen LogP contribution is -2.31. The number of carbonyl (C=O) groups excluding carboxylic acids is 2. The summed E-state index contributed by atoms with van der Waals surface area (Å²) in [5.41, 5.74) is 1.81. The maximum absolute atomic E-state index is 12.7. The van der Waals surface area contributed by atoms with E-state index >= 15 is 0 Å². The normalized spacial score (nSPS) is 10.7. The molecule has 2 heterocycles. The van der Waals surface area contributed by atoms with Gasteiger partial charge in [-0.1, -0.05) is 29.8 Å². The number of carbonyl (C=O) groups is 2. The Kier molecular flexibility index (Phi) is 5.36.